The Hall–Kier alpha value is -0.610. The Labute approximate surface area is 218 Å². The summed E-state index contributed by atoms with van der Waals surface area (Å²) in [5.41, 5.74) is 3.21. The monoisotopic (exact) mass is 606 g/mol. The van der Waals surface area contributed by atoms with E-state index in [4.69, 9.17) is 0 Å². The Morgan fingerprint density at radius 3 is 1.44 bits per heavy atom. The number of halogens is 2. The van der Waals surface area contributed by atoms with Crippen LogP contribution in [0.2, 0.25) is 0 Å². The molecule has 3 aromatic rings. The Morgan fingerprint density at radius 1 is 0.531 bits per heavy atom. The average molecular weight is 607 g/mol. The van der Waals surface area contributed by atoms with Crippen molar-refractivity contribution in [1.29, 1.82) is 0 Å². The van der Waals surface area contributed by atoms with Gasteiger partial charge in [-0.05, 0) is 121 Å². The molecule has 3 aromatic carbocycles. The summed E-state index contributed by atoms with van der Waals surface area (Å²) in [6.45, 7) is 4.60. The van der Waals surface area contributed by atoms with Gasteiger partial charge < -0.3 is 0 Å². The van der Waals surface area contributed by atoms with Gasteiger partial charge in [0.1, 0.15) is 0 Å². The molecule has 174 valence electrons. The van der Waals surface area contributed by atoms with Gasteiger partial charge in [-0.2, -0.15) is 0 Å². The van der Waals surface area contributed by atoms with Crippen LogP contribution in [0.3, 0.4) is 0 Å². The van der Waals surface area contributed by atoms with Gasteiger partial charge in [0.2, 0.25) is 0 Å². The molecule has 32 heavy (non-hydrogen) atoms. The summed E-state index contributed by atoms with van der Waals surface area (Å²) in [6.07, 6.45) is 18.9. The standard InChI is InChI=1S/C30H40BrI/c1-3-5-7-9-11-13-15-23-17-25-19-27-21-29(31)30(32)22-28(27)20-26(25)18-24(23)16-14-12-10-8-6-4-2/h17-22H,3-16H2,1-2H3. The van der Waals surface area contributed by atoms with E-state index < -0.39 is 0 Å². The summed E-state index contributed by atoms with van der Waals surface area (Å²) in [5.74, 6) is 0. The van der Waals surface area contributed by atoms with Crippen LogP contribution in [0.5, 0.6) is 0 Å². The van der Waals surface area contributed by atoms with Gasteiger partial charge in [0.25, 0.3) is 0 Å². The lowest BCUT2D eigenvalue weighted by Gasteiger charge is -2.14. The summed E-state index contributed by atoms with van der Waals surface area (Å²) in [6, 6.07) is 14.4. The van der Waals surface area contributed by atoms with Crippen LogP contribution in [-0.4, -0.2) is 0 Å². The molecular weight excluding hydrogens is 567 g/mol. The Morgan fingerprint density at radius 2 is 0.938 bits per heavy atom. The summed E-state index contributed by atoms with van der Waals surface area (Å²) in [5, 5.41) is 5.49. The maximum absolute atomic E-state index is 3.71. The van der Waals surface area contributed by atoms with Gasteiger partial charge in [-0.1, -0.05) is 90.2 Å². The fourth-order valence-corrected chi connectivity index (χ4v) is 5.65. The van der Waals surface area contributed by atoms with Crippen molar-refractivity contribution in [2.75, 3.05) is 0 Å². The SMILES string of the molecule is CCCCCCCCc1cc2cc3cc(Br)c(I)cc3cc2cc1CCCCCCCC. The molecule has 0 bridgehead atoms. The Kier molecular flexibility index (Phi) is 11.3. The van der Waals surface area contributed by atoms with Crippen molar-refractivity contribution in [2.24, 2.45) is 0 Å². The molecule has 2 heteroatoms. The second-order valence-electron chi connectivity index (χ2n) is 9.47. The highest BCUT2D eigenvalue weighted by atomic mass is 127. The van der Waals surface area contributed by atoms with Gasteiger partial charge in [-0.15, -0.1) is 0 Å². The first-order valence-corrected chi connectivity index (χ1v) is 14.8. The van der Waals surface area contributed by atoms with E-state index in [2.05, 4.69) is 88.8 Å². The number of aryl methyl sites for hydroxylation is 2. The van der Waals surface area contributed by atoms with E-state index in [0.717, 1.165) is 0 Å². The van der Waals surface area contributed by atoms with Crippen LogP contribution in [0, 0.1) is 3.57 Å². The summed E-state index contributed by atoms with van der Waals surface area (Å²) >= 11 is 6.13. The minimum absolute atomic E-state index is 1.19. The molecule has 0 aliphatic rings. The van der Waals surface area contributed by atoms with Crippen molar-refractivity contribution in [3.63, 3.8) is 0 Å². The molecule has 0 N–H and O–H groups in total. The molecular formula is C30H40BrI. The maximum Gasteiger partial charge on any atom is 0.0315 e. The van der Waals surface area contributed by atoms with Gasteiger partial charge >= 0.3 is 0 Å². The Balaban J connectivity index is 1.78. The largest absolute Gasteiger partial charge is 0.0654 e. The normalized spacial score (nSPS) is 11.6. The van der Waals surface area contributed by atoms with Gasteiger partial charge in [0.15, 0.2) is 0 Å². The van der Waals surface area contributed by atoms with E-state index >= 15 is 0 Å². The third-order valence-electron chi connectivity index (χ3n) is 6.75. The highest BCUT2D eigenvalue weighted by molar-refractivity contribution is 14.1. The molecule has 0 nitrogen and oxygen atoms in total. The van der Waals surface area contributed by atoms with Crippen LogP contribution in [0.15, 0.2) is 40.9 Å². The molecule has 0 atom stereocenters. The second-order valence-corrected chi connectivity index (χ2v) is 11.5. The molecule has 0 heterocycles. The molecule has 0 unspecified atom stereocenters. The minimum Gasteiger partial charge on any atom is -0.0654 e. The smallest absolute Gasteiger partial charge is 0.0315 e. The van der Waals surface area contributed by atoms with E-state index in [1.807, 2.05) is 0 Å². The highest BCUT2D eigenvalue weighted by Gasteiger charge is 2.09. The Bertz CT molecular complexity index is 911. The summed E-state index contributed by atoms with van der Waals surface area (Å²) in [7, 11) is 0. The first-order chi connectivity index (χ1) is 15.6. The summed E-state index contributed by atoms with van der Waals surface area (Å²) < 4.78 is 2.47. The average Bonchev–Trinajstić information content (AvgIpc) is 2.78. The molecule has 0 amide bonds. The van der Waals surface area contributed by atoms with Crippen molar-refractivity contribution >= 4 is 60.1 Å². The van der Waals surface area contributed by atoms with E-state index in [0.29, 0.717) is 0 Å². The molecule has 3 rings (SSSR count). The first kappa shape index (κ1) is 26.0. The third-order valence-corrected chi connectivity index (χ3v) is 9.04. The fourth-order valence-electron chi connectivity index (χ4n) is 4.80. The zero-order valence-corrected chi connectivity index (χ0v) is 23.9. The third kappa shape index (κ3) is 7.72. The number of unbranched alkanes of at least 4 members (excludes halogenated alkanes) is 10. The molecule has 0 fully saturated rings. The molecule has 0 saturated heterocycles. The number of benzene rings is 3. The first-order valence-electron chi connectivity index (χ1n) is 13.0. The molecule has 0 radical (unpaired) electrons. The van der Waals surface area contributed by atoms with Crippen molar-refractivity contribution in [2.45, 2.75) is 104 Å². The number of hydrogen-bond acceptors (Lipinski definition) is 0. The number of rotatable bonds is 14. The lowest BCUT2D eigenvalue weighted by atomic mass is 9.92. The number of hydrogen-bond donors (Lipinski definition) is 0. The van der Waals surface area contributed by atoms with Crippen LogP contribution in [0.25, 0.3) is 21.5 Å². The van der Waals surface area contributed by atoms with Gasteiger partial charge in [0.05, 0.1) is 0 Å². The summed E-state index contributed by atoms with van der Waals surface area (Å²) in [4.78, 5) is 0. The van der Waals surface area contributed by atoms with E-state index in [9.17, 15) is 0 Å². The second kappa shape index (κ2) is 13.9. The molecule has 0 saturated carbocycles. The van der Waals surface area contributed by atoms with Crippen molar-refractivity contribution in [1.82, 2.24) is 0 Å². The highest BCUT2D eigenvalue weighted by Crippen LogP contribution is 2.31. The fraction of sp³-hybridized carbons (Fsp3) is 0.533. The van der Waals surface area contributed by atoms with Gasteiger partial charge in [0, 0.05) is 8.04 Å². The van der Waals surface area contributed by atoms with Crippen LogP contribution >= 0.6 is 38.5 Å². The molecule has 0 spiro atoms. The number of fused-ring (bicyclic) bond motifs is 2. The maximum atomic E-state index is 3.71. The quantitative estimate of drug-likeness (QED) is 0.0972. The zero-order chi connectivity index (χ0) is 22.8. The van der Waals surface area contributed by atoms with Gasteiger partial charge in [-0.25, -0.2) is 0 Å². The van der Waals surface area contributed by atoms with E-state index in [-0.39, 0.29) is 0 Å². The van der Waals surface area contributed by atoms with Crippen LogP contribution < -0.4 is 0 Å². The topological polar surface area (TPSA) is 0 Å². The van der Waals surface area contributed by atoms with Crippen LogP contribution in [0.1, 0.15) is 102 Å². The van der Waals surface area contributed by atoms with Crippen LogP contribution in [-0.2, 0) is 12.8 Å². The van der Waals surface area contributed by atoms with Crippen molar-refractivity contribution in [3.05, 3.63) is 55.6 Å². The lowest BCUT2D eigenvalue weighted by molar-refractivity contribution is 0.599. The predicted molar refractivity (Wildman–Crippen MR) is 156 cm³/mol. The predicted octanol–water partition coefficient (Wildman–Crippen LogP) is 11.2. The van der Waals surface area contributed by atoms with E-state index in [1.165, 1.54) is 119 Å². The molecule has 0 aliphatic heterocycles. The van der Waals surface area contributed by atoms with Crippen LogP contribution in [0.4, 0.5) is 0 Å². The zero-order valence-electron chi connectivity index (χ0n) is 20.1. The minimum atomic E-state index is 1.19. The van der Waals surface area contributed by atoms with E-state index in [1.54, 1.807) is 11.1 Å². The molecule has 0 aromatic heterocycles. The van der Waals surface area contributed by atoms with Crippen molar-refractivity contribution < 1.29 is 0 Å². The van der Waals surface area contributed by atoms with Gasteiger partial charge in [-0.3, -0.25) is 0 Å². The lowest BCUT2D eigenvalue weighted by Crippen LogP contribution is -1.97. The van der Waals surface area contributed by atoms with Crippen molar-refractivity contribution in [3.8, 4) is 0 Å². The molecule has 0 aliphatic carbocycles.